The van der Waals surface area contributed by atoms with Gasteiger partial charge < -0.3 is 0 Å². The first-order valence-corrected chi connectivity index (χ1v) is 12.3. The quantitative estimate of drug-likeness (QED) is 0.755. The lowest BCUT2D eigenvalue weighted by molar-refractivity contribution is 0.204. The summed E-state index contributed by atoms with van der Waals surface area (Å²) in [6, 6.07) is 11.5. The van der Waals surface area contributed by atoms with Crippen molar-refractivity contribution >= 4 is 37.3 Å². The summed E-state index contributed by atoms with van der Waals surface area (Å²) in [7, 11) is -7.42. The van der Waals surface area contributed by atoms with Gasteiger partial charge in [-0.2, -0.15) is 4.31 Å². The van der Waals surface area contributed by atoms with Crippen molar-refractivity contribution in [1.29, 1.82) is 0 Å². The highest BCUT2D eigenvalue weighted by Gasteiger charge is 2.35. The summed E-state index contributed by atoms with van der Waals surface area (Å²) in [6.07, 6.45) is 2.69. The first-order valence-electron chi connectivity index (χ1n) is 9.03. The fourth-order valence-electron chi connectivity index (χ4n) is 3.52. The molecule has 2 aromatic carbocycles. The molecule has 1 aliphatic heterocycles. The van der Waals surface area contributed by atoms with Crippen molar-refractivity contribution in [3.05, 3.63) is 53.6 Å². The summed E-state index contributed by atoms with van der Waals surface area (Å²) in [6.45, 7) is 3.84. The molecule has 2 unspecified atom stereocenters. The van der Waals surface area contributed by atoms with E-state index in [0.29, 0.717) is 5.02 Å². The monoisotopic (exact) mass is 442 g/mol. The lowest BCUT2D eigenvalue weighted by atomic mass is 10.0. The van der Waals surface area contributed by atoms with Crippen LogP contribution >= 0.6 is 11.6 Å². The zero-order valence-corrected chi connectivity index (χ0v) is 18.1. The van der Waals surface area contributed by atoms with Crippen molar-refractivity contribution in [1.82, 2.24) is 4.31 Å². The predicted octanol–water partition coefficient (Wildman–Crippen LogP) is 4.09. The fourth-order valence-corrected chi connectivity index (χ4v) is 6.58. The Morgan fingerprint density at radius 1 is 0.857 bits per heavy atom. The minimum atomic E-state index is -3.78. The number of piperidine rings is 1. The molecule has 0 aliphatic carbocycles. The van der Waals surface area contributed by atoms with Gasteiger partial charge in [-0.15, -0.1) is 0 Å². The molecular formula is C19H23ClN2O4S2. The van der Waals surface area contributed by atoms with Gasteiger partial charge in [0.25, 0.3) is 10.0 Å². The van der Waals surface area contributed by atoms with Gasteiger partial charge >= 0.3 is 0 Å². The van der Waals surface area contributed by atoms with Gasteiger partial charge in [-0.3, -0.25) is 4.72 Å². The largest absolute Gasteiger partial charge is 0.280 e. The maximum Gasteiger partial charge on any atom is 0.261 e. The molecule has 1 heterocycles. The van der Waals surface area contributed by atoms with Gasteiger partial charge in [0.15, 0.2) is 0 Å². The number of hydrogen-bond acceptors (Lipinski definition) is 4. The second-order valence-corrected chi connectivity index (χ2v) is 11.0. The molecule has 1 N–H and O–H groups in total. The van der Waals surface area contributed by atoms with Crippen molar-refractivity contribution in [2.45, 2.75) is 55.0 Å². The summed E-state index contributed by atoms with van der Waals surface area (Å²) in [5, 5.41) is 0.440. The molecular weight excluding hydrogens is 420 g/mol. The standard InChI is InChI=1S/C19H23ClN2O4S2/c1-14-4-3-5-15(2)22(14)28(25,26)19-12-8-17(9-13-19)21-27(23,24)18-10-6-16(20)7-11-18/h6-15,21H,3-5H2,1-2H3. The van der Waals surface area contributed by atoms with Crippen LogP contribution < -0.4 is 4.72 Å². The van der Waals surface area contributed by atoms with E-state index in [1.54, 1.807) is 4.31 Å². The minimum absolute atomic E-state index is 0.0585. The fraction of sp³-hybridized carbons (Fsp3) is 0.368. The van der Waals surface area contributed by atoms with Crippen LogP contribution in [0.4, 0.5) is 5.69 Å². The van der Waals surface area contributed by atoms with Crippen molar-refractivity contribution in [2.24, 2.45) is 0 Å². The number of hydrogen-bond donors (Lipinski definition) is 1. The molecule has 0 radical (unpaired) electrons. The number of benzene rings is 2. The van der Waals surface area contributed by atoms with Gasteiger partial charge in [-0.05, 0) is 75.2 Å². The van der Waals surface area contributed by atoms with Crippen LogP contribution in [0.25, 0.3) is 0 Å². The van der Waals surface area contributed by atoms with Crippen LogP contribution in [0.1, 0.15) is 33.1 Å². The van der Waals surface area contributed by atoms with Gasteiger partial charge in [-0.1, -0.05) is 18.0 Å². The third-order valence-corrected chi connectivity index (χ3v) is 8.71. The van der Waals surface area contributed by atoms with Crippen LogP contribution in [-0.2, 0) is 20.0 Å². The van der Waals surface area contributed by atoms with Crippen molar-refractivity contribution < 1.29 is 16.8 Å². The lowest BCUT2D eigenvalue weighted by Crippen LogP contribution is -2.47. The smallest absolute Gasteiger partial charge is 0.261 e. The maximum absolute atomic E-state index is 13.0. The summed E-state index contributed by atoms with van der Waals surface area (Å²) in [5.74, 6) is 0. The molecule has 3 rings (SSSR count). The topological polar surface area (TPSA) is 83.6 Å². The normalized spacial score (nSPS) is 21.4. The lowest BCUT2D eigenvalue weighted by Gasteiger charge is -2.37. The summed E-state index contributed by atoms with van der Waals surface area (Å²) < 4.78 is 55.0. The van der Waals surface area contributed by atoms with E-state index in [1.165, 1.54) is 48.5 Å². The average molecular weight is 443 g/mol. The Balaban J connectivity index is 1.82. The van der Waals surface area contributed by atoms with Gasteiger partial charge in [0.1, 0.15) is 0 Å². The van der Waals surface area contributed by atoms with Crippen molar-refractivity contribution in [2.75, 3.05) is 4.72 Å². The van der Waals surface area contributed by atoms with Gasteiger partial charge in [-0.25, -0.2) is 16.8 Å². The van der Waals surface area contributed by atoms with Crippen LogP contribution in [0.5, 0.6) is 0 Å². The Morgan fingerprint density at radius 2 is 1.36 bits per heavy atom. The third-order valence-electron chi connectivity index (χ3n) is 4.92. The van der Waals surface area contributed by atoms with Gasteiger partial charge in [0.05, 0.1) is 9.79 Å². The number of nitrogens with zero attached hydrogens (tertiary/aromatic N) is 1. The molecule has 6 nitrogen and oxygen atoms in total. The number of sulfonamides is 2. The van der Waals surface area contributed by atoms with Gasteiger partial charge in [0.2, 0.25) is 10.0 Å². The first-order chi connectivity index (χ1) is 13.1. The highest BCUT2D eigenvalue weighted by atomic mass is 35.5. The molecule has 2 aromatic rings. The zero-order valence-electron chi connectivity index (χ0n) is 15.7. The summed E-state index contributed by atoms with van der Waals surface area (Å²) in [5.41, 5.74) is 0.286. The molecule has 9 heteroatoms. The van der Waals surface area contributed by atoms with E-state index < -0.39 is 20.0 Å². The summed E-state index contributed by atoms with van der Waals surface area (Å²) in [4.78, 5) is 0.229. The molecule has 152 valence electrons. The molecule has 2 atom stereocenters. The second kappa shape index (κ2) is 8.02. The number of halogens is 1. The van der Waals surface area contributed by atoms with E-state index in [9.17, 15) is 16.8 Å². The van der Waals surface area contributed by atoms with Gasteiger partial charge in [0, 0.05) is 22.8 Å². The Hall–Kier alpha value is -1.61. The number of nitrogens with one attached hydrogen (secondary N) is 1. The Kier molecular flexibility index (Phi) is 6.05. The second-order valence-electron chi connectivity index (χ2n) is 7.05. The van der Waals surface area contributed by atoms with E-state index in [4.69, 9.17) is 11.6 Å². The van der Waals surface area contributed by atoms with Crippen LogP contribution in [0.2, 0.25) is 5.02 Å². The van der Waals surface area contributed by atoms with E-state index in [0.717, 1.165) is 19.3 Å². The maximum atomic E-state index is 13.0. The summed E-state index contributed by atoms with van der Waals surface area (Å²) >= 11 is 5.79. The molecule has 0 saturated carbocycles. The van der Waals surface area contributed by atoms with E-state index in [1.807, 2.05) is 13.8 Å². The molecule has 1 aliphatic rings. The first kappa shape index (κ1) is 21.1. The average Bonchev–Trinajstić information content (AvgIpc) is 2.62. The molecule has 0 bridgehead atoms. The Morgan fingerprint density at radius 3 is 1.89 bits per heavy atom. The Labute approximate surface area is 171 Å². The predicted molar refractivity (Wildman–Crippen MR) is 111 cm³/mol. The molecule has 0 amide bonds. The number of anilines is 1. The molecule has 1 saturated heterocycles. The van der Waals surface area contributed by atoms with Crippen LogP contribution in [0.3, 0.4) is 0 Å². The van der Waals surface area contributed by atoms with E-state index >= 15 is 0 Å². The van der Waals surface area contributed by atoms with Crippen LogP contribution in [0, 0.1) is 0 Å². The van der Waals surface area contributed by atoms with Crippen LogP contribution in [0.15, 0.2) is 58.3 Å². The molecule has 0 aromatic heterocycles. The zero-order chi connectivity index (χ0) is 20.5. The SMILES string of the molecule is CC1CCCC(C)N1S(=O)(=O)c1ccc(NS(=O)(=O)c2ccc(Cl)cc2)cc1. The third kappa shape index (κ3) is 4.35. The van der Waals surface area contributed by atoms with Crippen molar-refractivity contribution in [3.8, 4) is 0 Å². The Bertz CT molecular complexity index is 1030. The van der Waals surface area contributed by atoms with E-state index in [2.05, 4.69) is 4.72 Å². The van der Waals surface area contributed by atoms with Crippen LogP contribution in [-0.4, -0.2) is 33.2 Å². The molecule has 1 fully saturated rings. The highest BCUT2D eigenvalue weighted by Crippen LogP contribution is 2.30. The van der Waals surface area contributed by atoms with Crippen molar-refractivity contribution in [3.63, 3.8) is 0 Å². The highest BCUT2D eigenvalue weighted by molar-refractivity contribution is 7.92. The number of rotatable bonds is 5. The minimum Gasteiger partial charge on any atom is -0.280 e. The molecule has 28 heavy (non-hydrogen) atoms. The van der Waals surface area contributed by atoms with E-state index in [-0.39, 0.29) is 27.6 Å². The molecule has 0 spiro atoms.